The summed E-state index contributed by atoms with van der Waals surface area (Å²) in [7, 11) is 0. The van der Waals surface area contributed by atoms with E-state index in [2.05, 4.69) is 22.2 Å². The number of aryl methyl sites for hydroxylation is 1. The Hall–Kier alpha value is -3.29. The van der Waals surface area contributed by atoms with Gasteiger partial charge in [0.05, 0.1) is 5.69 Å². The largest absolute Gasteiger partial charge is 0.343 e. The van der Waals surface area contributed by atoms with Gasteiger partial charge in [0.25, 0.3) is 0 Å². The monoisotopic (exact) mass is 408 g/mol. The fraction of sp³-hybridized carbons (Fsp3) is 0.364. The summed E-state index contributed by atoms with van der Waals surface area (Å²) in [6.07, 6.45) is 6.71. The lowest BCUT2D eigenvalue weighted by Gasteiger charge is -2.20. The molecular weight excluding hydrogens is 383 g/mol. The molecule has 0 aliphatic carbocycles. The number of nitrogens with zero attached hydrogens (tertiary/aromatic N) is 6. The number of benzene rings is 1. The van der Waals surface area contributed by atoms with Crippen molar-refractivity contribution < 1.29 is 9.18 Å². The molecule has 0 N–H and O–H groups in total. The van der Waals surface area contributed by atoms with Gasteiger partial charge in [0, 0.05) is 43.9 Å². The fourth-order valence-electron chi connectivity index (χ4n) is 3.58. The summed E-state index contributed by atoms with van der Waals surface area (Å²) >= 11 is 0. The predicted octanol–water partition coefficient (Wildman–Crippen LogP) is 3.76. The number of unbranched alkanes of at least 4 members (excludes halogenated alkanes) is 1. The van der Waals surface area contributed by atoms with Crippen molar-refractivity contribution in [1.82, 2.24) is 29.1 Å². The van der Waals surface area contributed by atoms with Crippen LogP contribution >= 0.6 is 0 Å². The normalized spacial score (nSPS) is 11.4. The van der Waals surface area contributed by atoms with E-state index in [-0.39, 0.29) is 11.7 Å². The number of amides is 1. The molecule has 8 heteroatoms. The maximum atomic E-state index is 13.2. The van der Waals surface area contributed by atoms with E-state index < -0.39 is 0 Å². The Bertz CT molecular complexity index is 1160. The molecule has 1 amide bonds. The van der Waals surface area contributed by atoms with E-state index in [1.54, 1.807) is 16.6 Å². The van der Waals surface area contributed by atoms with Gasteiger partial charge in [0.15, 0.2) is 5.65 Å². The van der Waals surface area contributed by atoms with Gasteiger partial charge in [0.1, 0.15) is 17.2 Å². The third-order valence-electron chi connectivity index (χ3n) is 5.31. The first-order valence-electron chi connectivity index (χ1n) is 10.4. The summed E-state index contributed by atoms with van der Waals surface area (Å²) in [5.74, 6) is 0.613. The first-order valence-corrected chi connectivity index (χ1v) is 10.4. The summed E-state index contributed by atoms with van der Waals surface area (Å²) in [6.45, 7) is 5.66. The molecule has 0 aliphatic heterocycles. The second-order valence-corrected chi connectivity index (χ2v) is 7.30. The van der Waals surface area contributed by atoms with Crippen LogP contribution in [0.4, 0.5) is 4.39 Å². The van der Waals surface area contributed by atoms with Crippen molar-refractivity contribution in [2.45, 2.75) is 39.5 Å². The van der Waals surface area contributed by atoms with Crippen LogP contribution in [0, 0.1) is 5.82 Å². The van der Waals surface area contributed by atoms with Crippen LogP contribution in [-0.2, 0) is 11.2 Å². The van der Waals surface area contributed by atoms with E-state index in [1.165, 1.54) is 12.1 Å². The lowest BCUT2D eigenvalue weighted by atomic mass is 10.1. The second kappa shape index (κ2) is 8.61. The van der Waals surface area contributed by atoms with E-state index in [4.69, 9.17) is 0 Å². The molecule has 30 heavy (non-hydrogen) atoms. The maximum Gasteiger partial charge on any atom is 0.223 e. The van der Waals surface area contributed by atoms with Crippen LogP contribution in [0.3, 0.4) is 0 Å². The molecule has 4 rings (SSSR count). The number of fused-ring (bicyclic) bond motifs is 3. The number of carbonyl (C=O) groups is 1. The third-order valence-corrected chi connectivity index (χ3v) is 5.31. The quantitative estimate of drug-likeness (QED) is 0.445. The van der Waals surface area contributed by atoms with Crippen molar-refractivity contribution >= 4 is 17.1 Å². The zero-order valence-electron chi connectivity index (χ0n) is 17.3. The van der Waals surface area contributed by atoms with E-state index in [0.717, 1.165) is 48.5 Å². The minimum Gasteiger partial charge on any atom is -0.343 e. The Kier molecular flexibility index (Phi) is 5.74. The fourth-order valence-corrected chi connectivity index (χ4v) is 3.58. The molecule has 0 aliphatic rings. The van der Waals surface area contributed by atoms with Gasteiger partial charge >= 0.3 is 0 Å². The topological polar surface area (TPSA) is 67.8 Å². The van der Waals surface area contributed by atoms with Gasteiger partial charge in [-0.1, -0.05) is 13.3 Å². The summed E-state index contributed by atoms with van der Waals surface area (Å²) in [5, 5.41) is 13.2. The highest BCUT2D eigenvalue weighted by Gasteiger charge is 2.16. The van der Waals surface area contributed by atoms with E-state index >= 15 is 0 Å². The molecule has 156 valence electrons. The van der Waals surface area contributed by atoms with Gasteiger partial charge in [-0.3, -0.25) is 9.20 Å². The predicted molar refractivity (Wildman–Crippen MR) is 113 cm³/mol. The number of hydrogen-bond acceptors (Lipinski definition) is 4. The molecule has 0 bridgehead atoms. The highest BCUT2D eigenvalue weighted by atomic mass is 19.1. The Morgan fingerprint density at radius 1 is 1.13 bits per heavy atom. The summed E-state index contributed by atoms with van der Waals surface area (Å²) in [5.41, 5.74) is 3.05. The molecule has 4 aromatic rings. The van der Waals surface area contributed by atoms with Crippen molar-refractivity contribution in [3.63, 3.8) is 0 Å². The van der Waals surface area contributed by atoms with Crippen molar-refractivity contribution in [2.24, 2.45) is 0 Å². The first-order chi connectivity index (χ1) is 14.6. The average molecular weight is 408 g/mol. The molecule has 0 atom stereocenters. The Labute approximate surface area is 174 Å². The van der Waals surface area contributed by atoms with Gasteiger partial charge in [0.2, 0.25) is 5.91 Å². The molecule has 0 saturated carbocycles. The molecule has 0 radical (unpaired) electrons. The van der Waals surface area contributed by atoms with Gasteiger partial charge < -0.3 is 4.90 Å². The van der Waals surface area contributed by atoms with Gasteiger partial charge in [-0.25, -0.2) is 8.91 Å². The molecular formula is C22H25FN6O. The molecule has 0 fully saturated rings. The number of aromatic nitrogens is 5. The van der Waals surface area contributed by atoms with Crippen molar-refractivity contribution in [2.75, 3.05) is 13.1 Å². The Balaban J connectivity index is 1.57. The number of carbonyl (C=O) groups excluding carboxylic acids is 1. The number of halogens is 1. The first kappa shape index (κ1) is 20.0. The van der Waals surface area contributed by atoms with Crippen molar-refractivity contribution in [3.8, 4) is 11.3 Å². The van der Waals surface area contributed by atoms with Crippen LogP contribution in [0.2, 0.25) is 0 Å². The molecule has 7 nitrogen and oxygen atoms in total. The maximum absolute atomic E-state index is 13.2. The standard InChI is InChI=1S/C22H25FN6O/c1-3-5-12-27(4-2)21(30)11-10-20-24-25-22-19-15-18(16-6-8-17(23)9-7-16)26-29(19)14-13-28(20)22/h6-9,13-15H,3-5,10-12H2,1-2H3. The van der Waals surface area contributed by atoms with E-state index in [0.29, 0.717) is 18.5 Å². The van der Waals surface area contributed by atoms with Crippen LogP contribution in [0.5, 0.6) is 0 Å². The molecule has 3 aromatic heterocycles. The molecule has 0 saturated heterocycles. The van der Waals surface area contributed by atoms with Crippen LogP contribution < -0.4 is 0 Å². The van der Waals surface area contributed by atoms with Crippen LogP contribution in [0.15, 0.2) is 42.7 Å². The van der Waals surface area contributed by atoms with E-state index in [1.807, 2.05) is 34.7 Å². The van der Waals surface area contributed by atoms with Crippen molar-refractivity contribution in [1.29, 1.82) is 0 Å². The second-order valence-electron chi connectivity index (χ2n) is 7.30. The van der Waals surface area contributed by atoms with E-state index in [9.17, 15) is 9.18 Å². The van der Waals surface area contributed by atoms with Gasteiger partial charge in [-0.15, -0.1) is 10.2 Å². The summed E-state index contributed by atoms with van der Waals surface area (Å²) in [4.78, 5) is 14.4. The zero-order valence-corrected chi connectivity index (χ0v) is 17.3. The van der Waals surface area contributed by atoms with Crippen molar-refractivity contribution in [3.05, 3.63) is 54.4 Å². The average Bonchev–Trinajstić information content (AvgIpc) is 3.37. The summed E-state index contributed by atoms with van der Waals surface area (Å²) < 4.78 is 16.8. The smallest absolute Gasteiger partial charge is 0.223 e. The van der Waals surface area contributed by atoms with Gasteiger partial charge in [-0.05, 0) is 43.7 Å². The number of hydrogen-bond donors (Lipinski definition) is 0. The third kappa shape index (κ3) is 3.90. The number of rotatable bonds is 8. The molecule has 0 spiro atoms. The molecule has 1 aromatic carbocycles. The highest BCUT2D eigenvalue weighted by molar-refractivity contribution is 5.77. The Morgan fingerprint density at radius 3 is 2.67 bits per heavy atom. The minimum absolute atomic E-state index is 0.145. The highest BCUT2D eigenvalue weighted by Crippen LogP contribution is 2.22. The summed E-state index contributed by atoms with van der Waals surface area (Å²) in [6, 6.07) is 8.15. The van der Waals surface area contributed by atoms with Crippen LogP contribution in [-0.4, -0.2) is 48.1 Å². The lowest BCUT2D eigenvalue weighted by Crippen LogP contribution is -2.32. The molecule has 3 heterocycles. The Morgan fingerprint density at radius 2 is 1.93 bits per heavy atom. The lowest BCUT2D eigenvalue weighted by molar-refractivity contribution is -0.131. The van der Waals surface area contributed by atoms with Gasteiger partial charge in [-0.2, -0.15) is 5.10 Å². The van der Waals surface area contributed by atoms with Crippen LogP contribution in [0.1, 0.15) is 38.9 Å². The SMILES string of the molecule is CCCCN(CC)C(=O)CCc1nnc2c3cc(-c4ccc(F)cc4)nn3ccn12. The zero-order chi connectivity index (χ0) is 21.1. The minimum atomic E-state index is -0.280. The molecule has 0 unspecified atom stereocenters. The van der Waals surface area contributed by atoms with Crippen LogP contribution in [0.25, 0.3) is 22.4 Å².